The Labute approximate surface area is 152 Å². The van der Waals surface area contributed by atoms with Crippen LogP contribution in [0.15, 0.2) is 53.7 Å². The molecule has 1 unspecified atom stereocenters. The standard InChI is InChI=1S/C20H23N3OS/c1-14-8-9-17(12-15(14)2)25-11-10-21-20(24)16(3)23-13-22-18-6-4-5-7-19(18)23/h4-9,12-13,16H,10-11H2,1-3H3,(H,21,24). The molecule has 25 heavy (non-hydrogen) atoms. The molecule has 5 heteroatoms. The number of hydrogen-bond acceptors (Lipinski definition) is 3. The van der Waals surface area contributed by atoms with Crippen LogP contribution in [0, 0.1) is 13.8 Å². The number of imidazole rings is 1. The van der Waals surface area contributed by atoms with Crippen molar-refractivity contribution in [3.63, 3.8) is 0 Å². The van der Waals surface area contributed by atoms with Crippen molar-refractivity contribution in [3.8, 4) is 0 Å². The van der Waals surface area contributed by atoms with Crippen molar-refractivity contribution in [2.75, 3.05) is 12.3 Å². The van der Waals surface area contributed by atoms with E-state index in [2.05, 4.69) is 42.3 Å². The Kier molecular flexibility index (Phi) is 5.43. The number of amides is 1. The number of benzene rings is 2. The van der Waals surface area contributed by atoms with Gasteiger partial charge in [-0.1, -0.05) is 18.2 Å². The molecule has 0 aliphatic rings. The summed E-state index contributed by atoms with van der Waals surface area (Å²) < 4.78 is 1.92. The number of carbonyl (C=O) groups excluding carboxylic acids is 1. The second-order valence-electron chi connectivity index (χ2n) is 6.20. The van der Waals surface area contributed by atoms with Gasteiger partial charge >= 0.3 is 0 Å². The van der Waals surface area contributed by atoms with Crippen LogP contribution < -0.4 is 5.32 Å². The molecule has 0 bridgehead atoms. The highest BCUT2D eigenvalue weighted by Gasteiger charge is 2.16. The van der Waals surface area contributed by atoms with Crippen molar-refractivity contribution in [3.05, 3.63) is 59.9 Å². The van der Waals surface area contributed by atoms with Crippen molar-refractivity contribution in [2.45, 2.75) is 31.7 Å². The number of nitrogens with one attached hydrogen (secondary N) is 1. The molecule has 0 aliphatic carbocycles. The van der Waals surface area contributed by atoms with Gasteiger partial charge in [0.2, 0.25) is 5.91 Å². The molecule has 0 spiro atoms. The number of aryl methyl sites for hydroxylation is 2. The van der Waals surface area contributed by atoms with Crippen molar-refractivity contribution in [2.24, 2.45) is 0 Å². The van der Waals surface area contributed by atoms with E-state index >= 15 is 0 Å². The molecule has 1 atom stereocenters. The highest BCUT2D eigenvalue weighted by atomic mass is 32.2. The van der Waals surface area contributed by atoms with Gasteiger partial charge in [-0.15, -0.1) is 11.8 Å². The molecule has 1 amide bonds. The van der Waals surface area contributed by atoms with Gasteiger partial charge in [0.05, 0.1) is 17.4 Å². The van der Waals surface area contributed by atoms with Crippen LogP contribution in [0.5, 0.6) is 0 Å². The van der Waals surface area contributed by atoms with Gasteiger partial charge in [-0.3, -0.25) is 4.79 Å². The highest BCUT2D eigenvalue weighted by molar-refractivity contribution is 7.99. The lowest BCUT2D eigenvalue weighted by Gasteiger charge is -2.14. The highest BCUT2D eigenvalue weighted by Crippen LogP contribution is 2.21. The van der Waals surface area contributed by atoms with Gasteiger partial charge < -0.3 is 9.88 Å². The largest absolute Gasteiger partial charge is 0.353 e. The Balaban J connectivity index is 1.53. The van der Waals surface area contributed by atoms with Gasteiger partial charge in [0.1, 0.15) is 6.04 Å². The molecular formula is C20H23N3OS. The molecule has 130 valence electrons. The van der Waals surface area contributed by atoms with Crippen LogP contribution in [0.1, 0.15) is 24.1 Å². The van der Waals surface area contributed by atoms with E-state index in [1.165, 1.54) is 16.0 Å². The van der Waals surface area contributed by atoms with E-state index in [9.17, 15) is 4.79 Å². The van der Waals surface area contributed by atoms with E-state index in [0.29, 0.717) is 6.54 Å². The van der Waals surface area contributed by atoms with Crippen LogP contribution >= 0.6 is 11.8 Å². The van der Waals surface area contributed by atoms with Crippen LogP contribution in [-0.4, -0.2) is 27.8 Å². The Hall–Kier alpha value is -2.27. The van der Waals surface area contributed by atoms with Crippen LogP contribution in [-0.2, 0) is 4.79 Å². The van der Waals surface area contributed by atoms with Gasteiger partial charge in [0, 0.05) is 17.2 Å². The van der Waals surface area contributed by atoms with Crippen molar-refractivity contribution in [1.29, 1.82) is 0 Å². The molecule has 0 saturated carbocycles. The molecule has 0 saturated heterocycles. The smallest absolute Gasteiger partial charge is 0.242 e. The molecule has 3 rings (SSSR count). The summed E-state index contributed by atoms with van der Waals surface area (Å²) in [6, 6.07) is 14.1. The van der Waals surface area contributed by atoms with E-state index in [1.54, 1.807) is 18.1 Å². The third-order valence-electron chi connectivity index (χ3n) is 4.43. The Morgan fingerprint density at radius 2 is 2.00 bits per heavy atom. The SMILES string of the molecule is Cc1ccc(SCCNC(=O)C(C)n2cnc3ccccc32)cc1C. The lowest BCUT2D eigenvalue weighted by atomic mass is 10.1. The molecule has 2 aromatic carbocycles. The number of aromatic nitrogens is 2. The van der Waals surface area contributed by atoms with Gasteiger partial charge in [-0.05, 0) is 56.2 Å². The first-order chi connectivity index (χ1) is 12.1. The number of carbonyl (C=O) groups is 1. The van der Waals surface area contributed by atoms with Crippen molar-refractivity contribution >= 4 is 28.7 Å². The number of rotatable bonds is 6. The molecule has 4 nitrogen and oxygen atoms in total. The zero-order valence-electron chi connectivity index (χ0n) is 14.8. The minimum absolute atomic E-state index is 0.0174. The second-order valence-corrected chi connectivity index (χ2v) is 7.37. The maximum absolute atomic E-state index is 12.4. The van der Waals surface area contributed by atoms with E-state index in [-0.39, 0.29) is 11.9 Å². The second kappa shape index (κ2) is 7.74. The zero-order chi connectivity index (χ0) is 17.8. The third-order valence-corrected chi connectivity index (χ3v) is 5.42. The van der Waals surface area contributed by atoms with Crippen molar-refractivity contribution in [1.82, 2.24) is 14.9 Å². The number of para-hydroxylation sites is 2. The predicted molar refractivity (Wildman–Crippen MR) is 104 cm³/mol. The summed E-state index contributed by atoms with van der Waals surface area (Å²) in [5.41, 5.74) is 4.50. The van der Waals surface area contributed by atoms with E-state index in [4.69, 9.17) is 0 Å². The number of nitrogens with zero attached hydrogens (tertiary/aromatic N) is 2. The summed E-state index contributed by atoms with van der Waals surface area (Å²) in [5.74, 6) is 0.870. The van der Waals surface area contributed by atoms with E-state index < -0.39 is 0 Å². The fraction of sp³-hybridized carbons (Fsp3) is 0.300. The average molecular weight is 353 g/mol. The summed E-state index contributed by atoms with van der Waals surface area (Å²) >= 11 is 1.76. The van der Waals surface area contributed by atoms with E-state index in [0.717, 1.165) is 16.8 Å². The molecule has 0 aliphatic heterocycles. The summed E-state index contributed by atoms with van der Waals surface area (Å²) in [4.78, 5) is 18.0. The average Bonchev–Trinajstić information content (AvgIpc) is 3.05. The molecular weight excluding hydrogens is 330 g/mol. The summed E-state index contributed by atoms with van der Waals surface area (Å²) in [7, 11) is 0. The molecule has 0 radical (unpaired) electrons. The first-order valence-electron chi connectivity index (χ1n) is 8.45. The fourth-order valence-electron chi connectivity index (χ4n) is 2.71. The van der Waals surface area contributed by atoms with Crippen LogP contribution in [0.25, 0.3) is 11.0 Å². The van der Waals surface area contributed by atoms with Crippen molar-refractivity contribution < 1.29 is 4.79 Å². The first-order valence-corrected chi connectivity index (χ1v) is 9.44. The van der Waals surface area contributed by atoms with Crippen LogP contribution in [0.3, 0.4) is 0 Å². The van der Waals surface area contributed by atoms with Gasteiger partial charge in [-0.2, -0.15) is 0 Å². The molecule has 1 heterocycles. The Morgan fingerprint density at radius 1 is 1.20 bits per heavy atom. The summed E-state index contributed by atoms with van der Waals surface area (Å²) in [6.07, 6.45) is 1.73. The maximum atomic E-state index is 12.4. The topological polar surface area (TPSA) is 46.9 Å². The maximum Gasteiger partial charge on any atom is 0.242 e. The minimum Gasteiger partial charge on any atom is -0.353 e. The minimum atomic E-state index is -0.279. The Morgan fingerprint density at radius 3 is 2.80 bits per heavy atom. The molecule has 1 N–H and O–H groups in total. The monoisotopic (exact) mass is 353 g/mol. The van der Waals surface area contributed by atoms with E-state index in [1.807, 2.05) is 35.8 Å². The lowest BCUT2D eigenvalue weighted by molar-refractivity contribution is -0.123. The quantitative estimate of drug-likeness (QED) is 0.535. The van der Waals surface area contributed by atoms with Gasteiger partial charge in [0.25, 0.3) is 0 Å². The molecule has 0 fully saturated rings. The summed E-state index contributed by atoms with van der Waals surface area (Å²) in [5, 5.41) is 3.02. The van der Waals surface area contributed by atoms with Crippen LogP contribution in [0.2, 0.25) is 0 Å². The van der Waals surface area contributed by atoms with Gasteiger partial charge in [0.15, 0.2) is 0 Å². The first kappa shape index (κ1) is 17.5. The number of fused-ring (bicyclic) bond motifs is 1. The van der Waals surface area contributed by atoms with Crippen LogP contribution in [0.4, 0.5) is 0 Å². The number of hydrogen-bond donors (Lipinski definition) is 1. The molecule has 1 aromatic heterocycles. The molecule has 3 aromatic rings. The third kappa shape index (κ3) is 4.04. The summed E-state index contributed by atoms with van der Waals surface area (Å²) in [6.45, 7) is 6.79. The lowest BCUT2D eigenvalue weighted by Crippen LogP contribution is -2.32. The fourth-order valence-corrected chi connectivity index (χ4v) is 3.57. The zero-order valence-corrected chi connectivity index (χ0v) is 15.6. The number of thioether (sulfide) groups is 1. The van der Waals surface area contributed by atoms with Gasteiger partial charge in [-0.25, -0.2) is 4.98 Å². The normalized spacial score (nSPS) is 12.3. The predicted octanol–water partition coefficient (Wildman–Crippen LogP) is 4.12. The Bertz CT molecular complexity index is 888.